The fraction of sp³-hybridized carbons (Fsp3) is 0.231. The van der Waals surface area contributed by atoms with Crippen molar-refractivity contribution in [1.29, 1.82) is 0 Å². The molecule has 0 bridgehead atoms. The van der Waals surface area contributed by atoms with Crippen LogP contribution in [0.5, 0.6) is 11.5 Å². The molecule has 2 heterocycles. The van der Waals surface area contributed by atoms with Crippen molar-refractivity contribution in [3.63, 3.8) is 0 Å². The van der Waals surface area contributed by atoms with Crippen molar-refractivity contribution in [1.82, 2.24) is 9.97 Å². The Morgan fingerprint density at radius 2 is 2.06 bits per heavy atom. The number of hydrogen-bond donors (Lipinski definition) is 1. The van der Waals surface area contributed by atoms with E-state index in [4.69, 9.17) is 15.2 Å². The van der Waals surface area contributed by atoms with Crippen LogP contribution in [0.2, 0.25) is 0 Å². The van der Waals surface area contributed by atoms with Crippen LogP contribution >= 0.6 is 0 Å². The van der Waals surface area contributed by atoms with Crippen LogP contribution in [0.1, 0.15) is 11.4 Å². The lowest BCUT2D eigenvalue weighted by Gasteiger charge is -2.07. The second kappa shape index (κ2) is 4.27. The maximum Gasteiger partial charge on any atom is 0.231 e. The van der Waals surface area contributed by atoms with E-state index in [1.165, 1.54) is 0 Å². The van der Waals surface area contributed by atoms with Gasteiger partial charge in [0.2, 0.25) is 6.79 Å². The highest BCUT2D eigenvalue weighted by Gasteiger charge is 2.17. The number of nitrogens with zero attached hydrogens (tertiary/aromatic N) is 2. The standard InChI is InChI=1S/C13H13N3O2/c1-8-4-11-12(18-7-17-11)5-9(8)10-2-3-15-13(6-14)16-10/h2-5H,6-7,14H2,1H3. The molecule has 2 N–H and O–H groups in total. The third kappa shape index (κ3) is 1.78. The summed E-state index contributed by atoms with van der Waals surface area (Å²) in [7, 11) is 0. The van der Waals surface area contributed by atoms with Crippen molar-refractivity contribution >= 4 is 0 Å². The van der Waals surface area contributed by atoms with Crippen LogP contribution in [0.15, 0.2) is 24.4 Å². The zero-order valence-electron chi connectivity index (χ0n) is 10.0. The molecule has 0 fully saturated rings. The van der Waals surface area contributed by atoms with Crippen molar-refractivity contribution in [2.75, 3.05) is 6.79 Å². The topological polar surface area (TPSA) is 70.3 Å². The molecular formula is C13H13N3O2. The minimum Gasteiger partial charge on any atom is -0.454 e. The fourth-order valence-corrected chi connectivity index (χ4v) is 1.97. The molecule has 5 heteroatoms. The van der Waals surface area contributed by atoms with Crippen molar-refractivity contribution < 1.29 is 9.47 Å². The zero-order chi connectivity index (χ0) is 12.5. The summed E-state index contributed by atoms with van der Waals surface area (Å²) >= 11 is 0. The number of ether oxygens (including phenoxy) is 2. The predicted molar refractivity (Wildman–Crippen MR) is 66.2 cm³/mol. The van der Waals surface area contributed by atoms with Crippen molar-refractivity contribution in [3.8, 4) is 22.8 Å². The SMILES string of the molecule is Cc1cc2c(cc1-c1ccnc(CN)n1)OCO2. The predicted octanol–water partition coefficient (Wildman–Crippen LogP) is 1.64. The van der Waals surface area contributed by atoms with Crippen LogP contribution in [0, 0.1) is 6.92 Å². The Balaban J connectivity index is 2.10. The highest BCUT2D eigenvalue weighted by Crippen LogP contribution is 2.37. The molecule has 2 aromatic rings. The van der Waals surface area contributed by atoms with E-state index in [9.17, 15) is 0 Å². The van der Waals surface area contributed by atoms with Gasteiger partial charge in [-0.1, -0.05) is 0 Å². The van der Waals surface area contributed by atoms with E-state index in [0.29, 0.717) is 12.4 Å². The number of aromatic nitrogens is 2. The summed E-state index contributed by atoms with van der Waals surface area (Å²) in [5.41, 5.74) is 8.50. The average molecular weight is 243 g/mol. The Morgan fingerprint density at radius 1 is 1.28 bits per heavy atom. The summed E-state index contributed by atoms with van der Waals surface area (Å²) in [6.07, 6.45) is 1.72. The zero-order valence-corrected chi connectivity index (χ0v) is 10.0. The van der Waals surface area contributed by atoms with E-state index < -0.39 is 0 Å². The maximum absolute atomic E-state index is 5.56. The molecule has 1 aromatic carbocycles. The van der Waals surface area contributed by atoms with Gasteiger partial charge in [-0.25, -0.2) is 9.97 Å². The number of rotatable bonds is 2. The van der Waals surface area contributed by atoms with Crippen molar-refractivity contribution in [2.45, 2.75) is 13.5 Å². The molecule has 0 spiro atoms. The summed E-state index contributed by atoms with van der Waals surface area (Å²) in [6, 6.07) is 5.77. The van der Waals surface area contributed by atoms with E-state index in [1.807, 2.05) is 25.1 Å². The fourth-order valence-electron chi connectivity index (χ4n) is 1.97. The van der Waals surface area contributed by atoms with Gasteiger partial charge in [-0.3, -0.25) is 0 Å². The highest BCUT2D eigenvalue weighted by atomic mass is 16.7. The van der Waals surface area contributed by atoms with Crippen molar-refractivity contribution in [2.24, 2.45) is 5.73 Å². The molecule has 1 aliphatic rings. The van der Waals surface area contributed by atoms with E-state index in [-0.39, 0.29) is 6.79 Å². The van der Waals surface area contributed by atoms with Crippen LogP contribution in [0.25, 0.3) is 11.3 Å². The van der Waals surface area contributed by atoms with Gasteiger partial charge in [0.1, 0.15) is 5.82 Å². The third-order valence-corrected chi connectivity index (χ3v) is 2.88. The second-order valence-electron chi connectivity index (χ2n) is 4.08. The van der Waals surface area contributed by atoms with Gasteiger partial charge in [0.05, 0.1) is 12.2 Å². The molecule has 0 atom stereocenters. The molecule has 0 radical (unpaired) electrons. The second-order valence-corrected chi connectivity index (χ2v) is 4.08. The minimum atomic E-state index is 0.274. The molecule has 1 aromatic heterocycles. The average Bonchev–Trinajstić information content (AvgIpc) is 2.85. The lowest BCUT2D eigenvalue weighted by molar-refractivity contribution is 0.174. The van der Waals surface area contributed by atoms with Gasteiger partial charge in [0, 0.05) is 11.8 Å². The van der Waals surface area contributed by atoms with Gasteiger partial charge in [0.15, 0.2) is 11.5 Å². The van der Waals surface area contributed by atoms with Crippen LogP contribution in [-0.4, -0.2) is 16.8 Å². The smallest absolute Gasteiger partial charge is 0.231 e. The number of aryl methyl sites for hydroxylation is 1. The largest absolute Gasteiger partial charge is 0.454 e. The molecule has 1 aliphatic heterocycles. The van der Waals surface area contributed by atoms with Gasteiger partial charge >= 0.3 is 0 Å². The summed E-state index contributed by atoms with van der Waals surface area (Å²) < 4.78 is 10.7. The quantitative estimate of drug-likeness (QED) is 0.868. The first kappa shape index (κ1) is 11.0. The number of benzene rings is 1. The van der Waals surface area contributed by atoms with E-state index in [0.717, 1.165) is 28.3 Å². The number of fused-ring (bicyclic) bond motifs is 1. The molecular weight excluding hydrogens is 230 g/mol. The van der Waals surface area contributed by atoms with Crippen LogP contribution in [-0.2, 0) is 6.54 Å². The molecule has 0 saturated heterocycles. The first-order chi connectivity index (χ1) is 8.78. The molecule has 18 heavy (non-hydrogen) atoms. The van der Waals surface area contributed by atoms with Gasteiger partial charge in [-0.15, -0.1) is 0 Å². The molecule has 0 saturated carbocycles. The molecule has 0 amide bonds. The van der Waals surface area contributed by atoms with Gasteiger partial charge < -0.3 is 15.2 Å². The lowest BCUT2D eigenvalue weighted by atomic mass is 10.0. The normalized spacial score (nSPS) is 12.8. The summed E-state index contributed by atoms with van der Waals surface area (Å²) in [5, 5.41) is 0. The minimum absolute atomic E-state index is 0.274. The summed E-state index contributed by atoms with van der Waals surface area (Å²) in [6.45, 7) is 2.62. The molecule has 0 aliphatic carbocycles. The van der Waals surface area contributed by atoms with Crippen LogP contribution < -0.4 is 15.2 Å². The molecule has 0 unspecified atom stereocenters. The van der Waals surface area contributed by atoms with E-state index in [1.54, 1.807) is 6.20 Å². The van der Waals surface area contributed by atoms with Gasteiger partial charge in [0.25, 0.3) is 0 Å². The maximum atomic E-state index is 5.56. The van der Waals surface area contributed by atoms with Gasteiger partial charge in [-0.2, -0.15) is 0 Å². The molecule has 3 rings (SSSR count). The number of hydrogen-bond acceptors (Lipinski definition) is 5. The molecule has 92 valence electrons. The third-order valence-electron chi connectivity index (χ3n) is 2.88. The molecule has 5 nitrogen and oxygen atoms in total. The highest BCUT2D eigenvalue weighted by molar-refractivity contribution is 5.68. The summed E-state index contributed by atoms with van der Waals surface area (Å²) in [5.74, 6) is 2.16. The van der Waals surface area contributed by atoms with Gasteiger partial charge in [-0.05, 0) is 30.7 Å². The van der Waals surface area contributed by atoms with Crippen LogP contribution in [0.3, 0.4) is 0 Å². The Bertz CT molecular complexity index is 599. The Labute approximate surface area is 105 Å². The van der Waals surface area contributed by atoms with E-state index >= 15 is 0 Å². The summed E-state index contributed by atoms with van der Waals surface area (Å²) in [4.78, 5) is 8.51. The number of nitrogens with two attached hydrogens (primary N) is 1. The Morgan fingerprint density at radius 3 is 2.83 bits per heavy atom. The first-order valence-corrected chi connectivity index (χ1v) is 5.70. The Hall–Kier alpha value is -2.14. The van der Waals surface area contributed by atoms with Crippen molar-refractivity contribution in [3.05, 3.63) is 35.8 Å². The Kier molecular flexibility index (Phi) is 2.60. The monoisotopic (exact) mass is 243 g/mol. The first-order valence-electron chi connectivity index (χ1n) is 5.70. The van der Waals surface area contributed by atoms with E-state index in [2.05, 4.69) is 9.97 Å². The van der Waals surface area contributed by atoms with Crippen LogP contribution in [0.4, 0.5) is 0 Å². The lowest BCUT2D eigenvalue weighted by Crippen LogP contribution is -2.03.